The van der Waals surface area contributed by atoms with Crippen molar-refractivity contribution in [1.29, 1.82) is 0 Å². The van der Waals surface area contributed by atoms with Gasteiger partial charge in [0, 0.05) is 23.3 Å². The van der Waals surface area contributed by atoms with Gasteiger partial charge in [0.25, 0.3) is 11.2 Å². The highest BCUT2D eigenvalue weighted by Gasteiger charge is 2.34. The normalized spacial score (nSPS) is 14.7. The number of esters is 2. The molecule has 2 aromatic carbocycles. The fraction of sp³-hybridized carbons (Fsp3) is 0.226. The van der Waals surface area contributed by atoms with E-state index in [0.717, 1.165) is 16.9 Å². The van der Waals surface area contributed by atoms with Crippen LogP contribution in [-0.2, 0) is 14.3 Å². The van der Waals surface area contributed by atoms with Gasteiger partial charge in [0.15, 0.2) is 4.80 Å². The molecule has 4 aromatic rings. The Labute approximate surface area is 249 Å². The third-order valence-corrected chi connectivity index (χ3v) is 7.83. The van der Waals surface area contributed by atoms with E-state index in [9.17, 15) is 24.5 Å². The lowest BCUT2D eigenvalue weighted by Crippen LogP contribution is -2.40. The number of nitro benzene ring substituents is 1. The lowest BCUT2D eigenvalue weighted by molar-refractivity contribution is -0.385. The maximum Gasteiger partial charge on any atom is 0.338 e. The lowest BCUT2D eigenvalue weighted by atomic mass is 9.94. The Morgan fingerprint density at radius 3 is 2.42 bits per heavy atom. The van der Waals surface area contributed by atoms with Crippen LogP contribution in [0.1, 0.15) is 54.1 Å². The van der Waals surface area contributed by atoms with E-state index in [1.54, 1.807) is 82.3 Å². The molecule has 0 aliphatic carbocycles. The third kappa shape index (κ3) is 5.69. The van der Waals surface area contributed by atoms with Gasteiger partial charge in [0.1, 0.15) is 11.5 Å². The Morgan fingerprint density at radius 2 is 1.74 bits per heavy atom. The average molecular weight is 602 g/mol. The van der Waals surface area contributed by atoms with Gasteiger partial charge in [-0.25, -0.2) is 14.6 Å². The van der Waals surface area contributed by atoms with Gasteiger partial charge in [-0.3, -0.25) is 19.5 Å². The molecule has 12 heteroatoms. The molecule has 1 aliphatic rings. The highest BCUT2D eigenvalue weighted by atomic mass is 32.1. The van der Waals surface area contributed by atoms with Crippen LogP contribution in [0.3, 0.4) is 0 Å². The van der Waals surface area contributed by atoms with Crippen LogP contribution in [0, 0.1) is 17.0 Å². The standard InChI is InChI=1S/C31H27N3O8S/c1-5-40-29(36)20-11-9-19(10-12-20)24-14-13-22(42-24)16-25-28(35)33-27(21-8-7-17(3)23(15-21)34(38)39)26(30(37)41-6-2)18(4)32-31(33)43-25/h7-16,27H,5-6H2,1-4H3/b25-16+/t27-/m1/s1. The second-order valence-electron chi connectivity index (χ2n) is 9.61. The van der Waals surface area contributed by atoms with Crippen LogP contribution in [0.2, 0.25) is 0 Å². The summed E-state index contributed by atoms with van der Waals surface area (Å²) in [4.78, 5) is 55.0. The summed E-state index contributed by atoms with van der Waals surface area (Å²) < 4.78 is 18.0. The molecule has 1 atom stereocenters. The van der Waals surface area contributed by atoms with Crippen molar-refractivity contribution in [3.63, 3.8) is 0 Å². The fourth-order valence-electron chi connectivity index (χ4n) is 4.80. The molecular formula is C31H27N3O8S. The first-order valence-electron chi connectivity index (χ1n) is 13.4. The maximum atomic E-state index is 13.8. The molecule has 3 heterocycles. The molecule has 0 N–H and O–H groups in total. The average Bonchev–Trinajstić information content (AvgIpc) is 3.57. The topological polar surface area (TPSA) is 143 Å². The number of fused-ring (bicyclic) bond motifs is 1. The second-order valence-corrected chi connectivity index (χ2v) is 10.6. The van der Waals surface area contributed by atoms with Crippen molar-refractivity contribution in [2.75, 3.05) is 13.2 Å². The number of aromatic nitrogens is 1. The summed E-state index contributed by atoms with van der Waals surface area (Å²) >= 11 is 1.11. The Morgan fingerprint density at radius 1 is 1.05 bits per heavy atom. The number of nitrogens with zero attached hydrogens (tertiary/aromatic N) is 3. The molecule has 220 valence electrons. The van der Waals surface area contributed by atoms with Gasteiger partial charge in [-0.15, -0.1) is 0 Å². The van der Waals surface area contributed by atoms with Crippen LogP contribution >= 0.6 is 11.3 Å². The quantitative estimate of drug-likeness (QED) is 0.164. The van der Waals surface area contributed by atoms with Gasteiger partial charge < -0.3 is 13.9 Å². The number of hydrogen-bond donors (Lipinski definition) is 0. The second kappa shape index (κ2) is 12.0. The summed E-state index contributed by atoms with van der Waals surface area (Å²) in [7, 11) is 0. The number of thiazole rings is 1. The highest BCUT2D eigenvalue weighted by Crippen LogP contribution is 2.33. The van der Waals surface area contributed by atoms with Crippen molar-refractivity contribution < 1.29 is 28.4 Å². The molecule has 5 rings (SSSR count). The number of benzene rings is 2. The van der Waals surface area contributed by atoms with Crippen molar-refractivity contribution in [2.45, 2.75) is 33.7 Å². The van der Waals surface area contributed by atoms with E-state index in [0.29, 0.717) is 43.2 Å². The Bertz CT molecular complexity index is 1960. The third-order valence-electron chi connectivity index (χ3n) is 6.84. The first kappa shape index (κ1) is 29.4. The number of nitro groups is 1. The molecule has 11 nitrogen and oxygen atoms in total. The first-order chi connectivity index (χ1) is 20.6. The number of carbonyl (C=O) groups is 2. The maximum absolute atomic E-state index is 13.8. The van der Waals surface area contributed by atoms with Gasteiger partial charge in [-0.2, -0.15) is 0 Å². The summed E-state index contributed by atoms with van der Waals surface area (Å²) in [6, 6.07) is 13.9. The Kier molecular flexibility index (Phi) is 8.22. The Hall–Kier alpha value is -5.10. The van der Waals surface area contributed by atoms with Crippen LogP contribution in [0.4, 0.5) is 5.69 Å². The van der Waals surface area contributed by atoms with Crippen LogP contribution in [0.25, 0.3) is 17.4 Å². The van der Waals surface area contributed by atoms with E-state index in [2.05, 4.69) is 4.99 Å². The summed E-state index contributed by atoms with van der Waals surface area (Å²) in [6.07, 6.45) is 1.58. The largest absolute Gasteiger partial charge is 0.463 e. The van der Waals surface area contributed by atoms with Crippen LogP contribution in [0.5, 0.6) is 0 Å². The molecule has 1 aliphatic heterocycles. The van der Waals surface area contributed by atoms with Gasteiger partial charge in [0.2, 0.25) is 0 Å². The van der Waals surface area contributed by atoms with Gasteiger partial charge in [-0.05, 0) is 57.5 Å². The molecule has 0 radical (unpaired) electrons. The number of rotatable bonds is 8. The van der Waals surface area contributed by atoms with E-state index in [1.165, 1.54) is 10.6 Å². The molecule has 43 heavy (non-hydrogen) atoms. The predicted molar refractivity (Wildman–Crippen MR) is 158 cm³/mol. The van der Waals surface area contributed by atoms with E-state index in [1.807, 2.05) is 0 Å². The van der Waals surface area contributed by atoms with E-state index in [4.69, 9.17) is 13.9 Å². The monoisotopic (exact) mass is 601 g/mol. The predicted octanol–water partition coefficient (Wildman–Crippen LogP) is 4.45. The van der Waals surface area contributed by atoms with Gasteiger partial charge >= 0.3 is 11.9 Å². The molecular weight excluding hydrogens is 574 g/mol. The SMILES string of the molecule is CCOC(=O)C1=C(C)N=c2s/c(=C/c3ccc(-c4ccc(C(=O)OCC)cc4)o3)c(=O)n2[C@@H]1c1ccc(C)c([N+](=O)[O-])c1. The Balaban J connectivity index is 1.58. The van der Waals surface area contributed by atoms with E-state index >= 15 is 0 Å². The smallest absolute Gasteiger partial charge is 0.338 e. The number of aryl methyl sites for hydroxylation is 1. The minimum Gasteiger partial charge on any atom is -0.463 e. The summed E-state index contributed by atoms with van der Waals surface area (Å²) in [6.45, 7) is 7.05. The molecule has 0 spiro atoms. The zero-order chi connectivity index (χ0) is 30.8. The van der Waals surface area contributed by atoms with Gasteiger partial charge in [0.05, 0.1) is 45.5 Å². The summed E-state index contributed by atoms with van der Waals surface area (Å²) in [5, 5.41) is 11.7. The molecule has 0 amide bonds. The van der Waals surface area contributed by atoms with Crippen LogP contribution in [-0.4, -0.2) is 34.6 Å². The van der Waals surface area contributed by atoms with Crippen molar-refractivity contribution >= 4 is 35.0 Å². The summed E-state index contributed by atoms with van der Waals surface area (Å²) in [5.41, 5.74) is 1.89. The number of furan rings is 1. The van der Waals surface area contributed by atoms with E-state index in [-0.39, 0.29) is 24.5 Å². The zero-order valence-electron chi connectivity index (χ0n) is 23.8. The van der Waals surface area contributed by atoms with Crippen molar-refractivity contribution in [1.82, 2.24) is 4.57 Å². The fourth-order valence-corrected chi connectivity index (χ4v) is 5.83. The molecule has 0 unspecified atom stereocenters. The molecule has 0 bridgehead atoms. The minimum atomic E-state index is -0.984. The number of hydrogen-bond acceptors (Lipinski definition) is 10. The van der Waals surface area contributed by atoms with Crippen molar-refractivity contribution in [2.24, 2.45) is 4.99 Å². The molecule has 0 saturated heterocycles. The molecule has 0 saturated carbocycles. The van der Waals surface area contributed by atoms with Gasteiger partial charge in [-0.1, -0.05) is 35.6 Å². The number of carbonyl (C=O) groups excluding carboxylic acids is 2. The number of allylic oxidation sites excluding steroid dienone is 1. The number of ether oxygens (including phenoxy) is 2. The van der Waals surface area contributed by atoms with Crippen LogP contribution in [0.15, 0.2) is 80.1 Å². The van der Waals surface area contributed by atoms with Crippen LogP contribution < -0.4 is 14.9 Å². The zero-order valence-corrected chi connectivity index (χ0v) is 24.6. The minimum absolute atomic E-state index is 0.104. The van der Waals surface area contributed by atoms with Crippen molar-refractivity contribution in [3.8, 4) is 11.3 Å². The van der Waals surface area contributed by atoms with Crippen molar-refractivity contribution in [3.05, 3.63) is 118 Å². The van der Waals surface area contributed by atoms with E-state index < -0.39 is 28.5 Å². The highest BCUT2D eigenvalue weighted by molar-refractivity contribution is 7.07. The lowest BCUT2D eigenvalue weighted by Gasteiger charge is -2.24. The molecule has 2 aromatic heterocycles. The first-order valence-corrected chi connectivity index (χ1v) is 14.3. The molecule has 0 fully saturated rings. The summed E-state index contributed by atoms with van der Waals surface area (Å²) in [5.74, 6) is -0.140.